The minimum Gasteiger partial charge on any atom is -0.484 e. The van der Waals surface area contributed by atoms with Crippen LogP contribution in [-0.2, 0) is 22.4 Å². The van der Waals surface area contributed by atoms with Crippen molar-refractivity contribution in [2.45, 2.75) is 37.9 Å². The number of carbonyl (C=O) groups is 4. The number of ether oxygens (including phenoxy) is 2. The van der Waals surface area contributed by atoms with E-state index in [0.29, 0.717) is 84.3 Å². The Morgan fingerprint density at radius 2 is 1.06 bits per heavy atom. The van der Waals surface area contributed by atoms with Crippen molar-refractivity contribution in [1.29, 1.82) is 0 Å². The fourth-order valence-corrected chi connectivity index (χ4v) is 10.6. The van der Waals surface area contributed by atoms with Crippen LogP contribution in [0, 0.1) is 35.5 Å². The van der Waals surface area contributed by atoms with E-state index in [1.165, 1.54) is 12.4 Å². The molecule has 2 unspecified atom stereocenters. The van der Waals surface area contributed by atoms with Crippen LogP contribution in [0.25, 0.3) is 11.3 Å². The number of carbonyl (C=O) groups excluding carboxylic acids is 4. The Labute approximate surface area is 376 Å². The summed E-state index contributed by atoms with van der Waals surface area (Å²) >= 11 is 0. The molecule has 8 heterocycles. The maximum absolute atomic E-state index is 13.2. The molecule has 340 valence electrons. The quantitative estimate of drug-likeness (QED) is 0.114. The van der Waals surface area contributed by atoms with Crippen LogP contribution in [0.2, 0.25) is 0 Å². The number of piperidine rings is 2. The van der Waals surface area contributed by atoms with Crippen LogP contribution in [0.4, 0.5) is 22.7 Å². The minimum absolute atomic E-state index is 0.0625. The molecule has 8 N–H and O–H groups in total. The smallest absolute Gasteiger partial charge is 0.261 e. The number of aliphatic hydroxyl groups is 2. The van der Waals surface area contributed by atoms with Crippen LogP contribution < -0.4 is 41.4 Å². The van der Waals surface area contributed by atoms with Crippen molar-refractivity contribution in [1.82, 2.24) is 29.2 Å². The standard InChI is InChI=1S/2C23H24N6O4/c2*1-23(11-30)7-12-5-16(27-22(32)13-8-26-29-4-2-3-25-21(13)29)17(6-18(12)33-23)28-9-14-15(10-28)19(14)20(24)31/h2*2-6,8,14-15,19,30H,7,9-11H2,1H3,(H2,24,31)(H,27,32)/t2*14-,15+,19?,23-/m10/s1. The molecule has 12 rings (SSSR count). The topological polar surface area (TPSA) is 270 Å². The van der Waals surface area contributed by atoms with E-state index in [2.05, 4.69) is 40.6 Å². The van der Waals surface area contributed by atoms with E-state index in [1.54, 1.807) is 46.0 Å². The van der Waals surface area contributed by atoms with E-state index >= 15 is 0 Å². The monoisotopic (exact) mass is 896 g/mol. The second-order valence-corrected chi connectivity index (χ2v) is 18.9. The van der Waals surface area contributed by atoms with Crippen LogP contribution in [0.3, 0.4) is 0 Å². The highest BCUT2D eigenvalue weighted by molar-refractivity contribution is 6.10. The third-order valence-electron chi connectivity index (χ3n) is 14.1. The van der Waals surface area contributed by atoms with Gasteiger partial charge in [0.25, 0.3) is 11.8 Å². The molecule has 0 bridgehead atoms. The van der Waals surface area contributed by atoms with Gasteiger partial charge in [0.1, 0.15) is 33.8 Å². The van der Waals surface area contributed by atoms with E-state index in [9.17, 15) is 29.4 Å². The summed E-state index contributed by atoms with van der Waals surface area (Å²) in [6, 6.07) is 11.2. The molecule has 66 heavy (non-hydrogen) atoms. The van der Waals surface area contributed by atoms with Crippen molar-refractivity contribution < 1.29 is 38.9 Å². The SMILES string of the molecule is C[C@@]1(CO)Cc2cc(NC(=O)c3cnn4cccnc34)c(N3C[C@@H]4C(C(N)=O)[C@@H]4C3)cc2O1.C[C@]1(CO)Cc2cc(NC(=O)c3cnn4cccnc34)c(N3C[C@@H]4C(C(N)=O)[C@@H]4C3)cc2O1. The number of nitrogens with two attached hydrogens (primary N) is 2. The van der Waals surface area contributed by atoms with Crippen LogP contribution in [0.15, 0.2) is 73.6 Å². The second kappa shape index (κ2) is 15.1. The summed E-state index contributed by atoms with van der Waals surface area (Å²) in [7, 11) is 0. The lowest BCUT2D eigenvalue weighted by Gasteiger charge is -2.25. The average Bonchev–Trinajstić information content (AvgIpc) is 3.75. The molecule has 4 amide bonds. The van der Waals surface area contributed by atoms with Crippen LogP contribution >= 0.6 is 0 Å². The Hall–Kier alpha value is -7.32. The molecular formula is C46H48N12O8. The summed E-state index contributed by atoms with van der Waals surface area (Å²) in [4.78, 5) is 62.5. The second-order valence-electron chi connectivity index (χ2n) is 18.9. The van der Waals surface area contributed by atoms with Gasteiger partial charge in [0.15, 0.2) is 11.3 Å². The number of nitrogens with zero attached hydrogens (tertiary/aromatic N) is 8. The molecule has 2 aliphatic carbocycles. The number of primary amides is 2. The maximum Gasteiger partial charge on any atom is 0.261 e. The summed E-state index contributed by atoms with van der Waals surface area (Å²) in [5, 5.41) is 34.0. The largest absolute Gasteiger partial charge is 0.484 e. The highest BCUT2D eigenvalue weighted by Gasteiger charge is 2.60. The molecule has 4 fully saturated rings. The van der Waals surface area contributed by atoms with Gasteiger partial charge in [0, 0.05) is 98.9 Å². The van der Waals surface area contributed by atoms with Gasteiger partial charge in [-0.3, -0.25) is 19.2 Å². The molecule has 6 aliphatic rings. The Morgan fingerprint density at radius 1 is 0.667 bits per heavy atom. The van der Waals surface area contributed by atoms with Crippen molar-refractivity contribution in [3.8, 4) is 11.5 Å². The number of nitrogens with one attached hydrogen (secondary N) is 2. The summed E-state index contributed by atoms with van der Waals surface area (Å²) in [5.41, 5.74) is 16.1. The highest BCUT2D eigenvalue weighted by atomic mass is 16.5. The van der Waals surface area contributed by atoms with Gasteiger partial charge >= 0.3 is 0 Å². The molecule has 2 saturated heterocycles. The van der Waals surface area contributed by atoms with Gasteiger partial charge in [-0.1, -0.05) is 0 Å². The molecule has 2 aromatic carbocycles. The predicted molar refractivity (Wildman–Crippen MR) is 238 cm³/mol. The third kappa shape index (κ3) is 6.98. The molecule has 20 heteroatoms. The van der Waals surface area contributed by atoms with Crippen molar-refractivity contribution in [3.63, 3.8) is 0 Å². The number of hydrogen-bond acceptors (Lipinski definition) is 14. The average molecular weight is 897 g/mol. The van der Waals surface area contributed by atoms with Crippen molar-refractivity contribution in [2.75, 3.05) is 59.8 Å². The molecule has 4 aromatic heterocycles. The normalized spacial score (nSPS) is 27.2. The van der Waals surface area contributed by atoms with Gasteiger partial charge in [-0.15, -0.1) is 0 Å². The number of fused-ring (bicyclic) bond motifs is 6. The Balaban J connectivity index is 0.000000146. The fraction of sp³-hybridized carbons (Fsp3) is 0.391. The fourth-order valence-electron chi connectivity index (χ4n) is 10.6. The van der Waals surface area contributed by atoms with Crippen LogP contribution in [-0.4, -0.2) is 114 Å². The molecule has 6 aromatic rings. The first kappa shape index (κ1) is 41.4. The Morgan fingerprint density at radius 3 is 1.42 bits per heavy atom. The van der Waals surface area contributed by atoms with Gasteiger partial charge in [-0.2, -0.15) is 10.2 Å². The van der Waals surface area contributed by atoms with E-state index < -0.39 is 11.2 Å². The zero-order valence-corrected chi connectivity index (χ0v) is 36.1. The highest BCUT2D eigenvalue weighted by Crippen LogP contribution is 2.55. The molecule has 8 atom stereocenters. The zero-order chi connectivity index (χ0) is 45.8. The van der Waals surface area contributed by atoms with Gasteiger partial charge in [-0.25, -0.2) is 19.0 Å². The Kier molecular flexibility index (Phi) is 9.49. The van der Waals surface area contributed by atoms with Gasteiger partial charge < -0.3 is 51.6 Å². The summed E-state index contributed by atoms with van der Waals surface area (Å²) < 4.78 is 15.2. The number of amides is 4. The lowest BCUT2D eigenvalue weighted by atomic mass is 9.99. The first-order chi connectivity index (χ1) is 31.7. The van der Waals surface area contributed by atoms with Gasteiger partial charge in [0.2, 0.25) is 11.8 Å². The number of aliphatic hydroxyl groups excluding tert-OH is 2. The van der Waals surface area contributed by atoms with E-state index in [4.69, 9.17) is 20.9 Å². The first-order valence-electron chi connectivity index (χ1n) is 22.0. The number of benzene rings is 2. The molecule has 2 saturated carbocycles. The number of aromatic nitrogens is 6. The lowest BCUT2D eigenvalue weighted by Crippen LogP contribution is -2.34. The number of rotatable bonds is 10. The van der Waals surface area contributed by atoms with Crippen molar-refractivity contribution >= 4 is 57.7 Å². The molecule has 20 nitrogen and oxygen atoms in total. The van der Waals surface area contributed by atoms with Crippen molar-refractivity contribution in [2.24, 2.45) is 47.0 Å². The lowest BCUT2D eigenvalue weighted by molar-refractivity contribution is -0.120. The first-order valence-corrected chi connectivity index (χ1v) is 22.0. The number of anilines is 4. The molecule has 4 aliphatic heterocycles. The summed E-state index contributed by atoms with van der Waals surface area (Å²) in [6.07, 6.45) is 10.8. The molecule has 0 spiro atoms. The molecule has 0 radical (unpaired) electrons. The maximum atomic E-state index is 13.2. The zero-order valence-electron chi connectivity index (χ0n) is 36.1. The Bertz CT molecular complexity index is 2790. The van der Waals surface area contributed by atoms with Gasteiger partial charge in [0.05, 0.1) is 48.4 Å². The number of hydrogen-bond donors (Lipinski definition) is 6. The molecular weight excluding hydrogens is 849 g/mol. The van der Waals surface area contributed by atoms with E-state index in [-0.39, 0.29) is 72.3 Å². The van der Waals surface area contributed by atoms with E-state index in [1.807, 2.05) is 38.1 Å². The third-order valence-corrected chi connectivity index (χ3v) is 14.1. The summed E-state index contributed by atoms with van der Waals surface area (Å²) in [6.45, 7) is 6.26. The van der Waals surface area contributed by atoms with Crippen LogP contribution in [0.5, 0.6) is 11.5 Å². The van der Waals surface area contributed by atoms with Gasteiger partial charge in [-0.05, 0) is 61.8 Å². The predicted octanol–water partition coefficient (Wildman–Crippen LogP) is 1.67. The van der Waals surface area contributed by atoms with Crippen LogP contribution in [0.1, 0.15) is 45.7 Å². The van der Waals surface area contributed by atoms with Crippen molar-refractivity contribution in [3.05, 3.63) is 95.8 Å². The summed E-state index contributed by atoms with van der Waals surface area (Å²) in [5.74, 6) is 1.14. The minimum atomic E-state index is -0.696. The van der Waals surface area contributed by atoms with E-state index in [0.717, 1.165) is 22.5 Å².